The number of hydrogen-bond acceptors (Lipinski definition) is 1. The number of aromatic nitrogens is 1. The van der Waals surface area contributed by atoms with Crippen LogP contribution in [-0.4, -0.2) is 4.98 Å². The van der Waals surface area contributed by atoms with Gasteiger partial charge in [-0.15, -0.1) is 0 Å². The lowest BCUT2D eigenvalue weighted by atomic mass is 9.73. The molecule has 5 aromatic rings. The van der Waals surface area contributed by atoms with Gasteiger partial charge in [-0.05, 0) is 93.1 Å². The van der Waals surface area contributed by atoms with Crippen LogP contribution in [0.4, 0.5) is 4.39 Å². The second-order valence-corrected chi connectivity index (χ2v) is 10.2. The second-order valence-electron chi connectivity index (χ2n) is 10.2. The number of benzene rings is 4. The van der Waals surface area contributed by atoms with E-state index >= 15 is 0 Å². The van der Waals surface area contributed by atoms with Crippen LogP contribution >= 0.6 is 0 Å². The van der Waals surface area contributed by atoms with Crippen molar-refractivity contribution in [2.45, 2.75) is 51.9 Å². The minimum Gasteiger partial charge on any atom is -0.256 e. The molecule has 0 saturated carbocycles. The average Bonchev–Trinajstić information content (AvgIpc) is 3.15. The molecule has 6 rings (SSSR count). The van der Waals surface area contributed by atoms with E-state index in [1.54, 1.807) is 12.1 Å². The summed E-state index contributed by atoms with van der Waals surface area (Å²) in [5.74, 6) is 0.265. The highest BCUT2D eigenvalue weighted by Crippen LogP contribution is 2.54. The summed E-state index contributed by atoms with van der Waals surface area (Å²) < 4.78 is 14.0. The molecular formula is C33H30FN. The van der Waals surface area contributed by atoms with Crippen molar-refractivity contribution < 1.29 is 4.39 Å². The highest BCUT2D eigenvalue weighted by atomic mass is 19.1. The van der Waals surface area contributed by atoms with E-state index in [0.717, 1.165) is 29.5 Å². The predicted octanol–water partition coefficient (Wildman–Crippen LogP) is 9.40. The third-order valence-corrected chi connectivity index (χ3v) is 8.24. The molecular weight excluding hydrogens is 429 g/mol. The Morgan fingerprint density at radius 2 is 1.57 bits per heavy atom. The molecule has 1 aliphatic carbocycles. The summed E-state index contributed by atoms with van der Waals surface area (Å²) >= 11 is 0. The summed E-state index contributed by atoms with van der Waals surface area (Å²) in [4.78, 5) is 4.65. The van der Waals surface area contributed by atoms with Gasteiger partial charge < -0.3 is 0 Å². The largest absolute Gasteiger partial charge is 0.256 e. The Morgan fingerprint density at radius 1 is 0.771 bits per heavy atom. The van der Waals surface area contributed by atoms with Gasteiger partial charge in [0.25, 0.3) is 0 Å². The molecule has 0 N–H and O–H groups in total. The molecule has 0 fully saturated rings. The monoisotopic (exact) mass is 459 g/mol. The quantitative estimate of drug-likeness (QED) is 0.244. The van der Waals surface area contributed by atoms with E-state index in [0.29, 0.717) is 5.92 Å². The maximum absolute atomic E-state index is 14.0. The van der Waals surface area contributed by atoms with Gasteiger partial charge in [0.2, 0.25) is 0 Å². The molecule has 0 amide bonds. The van der Waals surface area contributed by atoms with Gasteiger partial charge in [-0.2, -0.15) is 0 Å². The lowest BCUT2D eigenvalue weighted by molar-refractivity contribution is 0.490. The smallest absolute Gasteiger partial charge is 0.123 e. The van der Waals surface area contributed by atoms with Gasteiger partial charge in [-0.3, -0.25) is 4.98 Å². The minimum absolute atomic E-state index is 0.0182. The lowest BCUT2D eigenvalue weighted by Crippen LogP contribution is -2.23. The first-order valence-corrected chi connectivity index (χ1v) is 12.7. The Labute approximate surface area is 206 Å². The first kappa shape index (κ1) is 22.0. The molecule has 0 saturated heterocycles. The molecule has 1 aromatic heterocycles. The fraction of sp³-hybridized carbons (Fsp3) is 0.242. The molecule has 35 heavy (non-hydrogen) atoms. The van der Waals surface area contributed by atoms with Gasteiger partial charge in [0.15, 0.2) is 0 Å². The van der Waals surface area contributed by atoms with Crippen LogP contribution in [0.15, 0.2) is 79.0 Å². The highest BCUT2D eigenvalue weighted by Gasteiger charge is 2.41. The standard InChI is InChI=1S/C33H30FN/c1-5-33(6-2)30-18-21(20(3)4)10-12-26(30)29-17-22-11-13-27-25(28(22)19-31(29)33)14-15-35-32(27)23-8-7-9-24(34)16-23/h7-20H,5-6H2,1-4H3. The summed E-state index contributed by atoms with van der Waals surface area (Å²) in [6.45, 7) is 9.19. The normalized spacial score (nSPS) is 14.0. The van der Waals surface area contributed by atoms with Gasteiger partial charge >= 0.3 is 0 Å². The van der Waals surface area contributed by atoms with Gasteiger partial charge in [0.1, 0.15) is 5.82 Å². The van der Waals surface area contributed by atoms with Crippen LogP contribution in [0.3, 0.4) is 0 Å². The maximum atomic E-state index is 14.0. The third kappa shape index (κ3) is 3.16. The molecule has 1 nitrogen and oxygen atoms in total. The van der Waals surface area contributed by atoms with E-state index in [-0.39, 0.29) is 11.2 Å². The summed E-state index contributed by atoms with van der Waals surface area (Å²) in [7, 11) is 0. The average molecular weight is 460 g/mol. The first-order chi connectivity index (χ1) is 17.0. The number of pyridine rings is 1. The molecule has 0 unspecified atom stereocenters. The molecule has 0 spiro atoms. The fourth-order valence-corrected chi connectivity index (χ4v) is 6.23. The SMILES string of the molecule is CCC1(CC)c2cc(C(C)C)ccc2-c2cc3ccc4c(-c5cccc(F)c5)nccc4c3cc21. The number of halogens is 1. The first-order valence-electron chi connectivity index (χ1n) is 12.7. The summed E-state index contributed by atoms with van der Waals surface area (Å²) in [5.41, 5.74) is 8.71. The predicted molar refractivity (Wildman–Crippen MR) is 146 cm³/mol. The van der Waals surface area contributed by atoms with E-state index in [1.807, 2.05) is 12.3 Å². The van der Waals surface area contributed by atoms with E-state index in [2.05, 4.69) is 81.2 Å². The molecule has 0 bridgehead atoms. The van der Waals surface area contributed by atoms with Crippen LogP contribution in [0.2, 0.25) is 0 Å². The van der Waals surface area contributed by atoms with Crippen molar-refractivity contribution in [3.05, 3.63) is 102 Å². The highest BCUT2D eigenvalue weighted by molar-refractivity contribution is 6.12. The van der Waals surface area contributed by atoms with Crippen LogP contribution in [0.25, 0.3) is 43.9 Å². The van der Waals surface area contributed by atoms with Crippen molar-refractivity contribution in [1.29, 1.82) is 0 Å². The molecule has 1 aliphatic rings. The Kier molecular flexibility index (Phi) is 5.03. The van der Waals surface area contributed by atoms with Crippen LogP contribution in [0.1, 0.15) is 63.1 Å². The van der Waals surface area contributed by atoms with Gasteiger partial charge in [0.05, 0.1) is 5.69 Å². The Morgan fingerprint density at radius 3 is 2.31 bits per heavy atom. The molecule has 174 valence electrons. The minimum atomic E-state index is -0.242. The second kappa shape index (κ2) is 8.02. The van der Waals surface area contributed by atoms with E-state index in [4.69, 9.17) is 0 Å². The van der Waals surface area contributed by atoms with Crippen molar-refractivity contribution in [2.24, 2.45) is 0 Å². The van der Waals surface area contributed by atoms with Gasteiger partial charge in [0, 0.05) is 22.6 Å². The van der Waals surface area contributed by atoms with Crippen LogP contribution in [-0.2, 0) is 5.41 Å². The zero-order valence-corrected chi connectivity index (χ0v) is 20.8. The zero-order chi connectivity index (χ0) is 24.3. The number of nitrogens with zero attached hydrogens (tertiary/aromatic N) is 1. The summed E-state index contributed by atoms with van der Waals surface area (Å²) in [5, 5.41) is 4.69. The number of hydrogen-bond donors (Lipinski definition) is 0. The Hall–Kier alpha value is -3.52. The molecule has 1 heterocycles. The number of fused-ring (bicyclic) bond motifs is 6. The Bertz CT molecular complexity index is 1610. The van der Waals surface area contributed by atoms with Gasteiger partial charge in [-0.1, -0.05) is 70.2 Å². The van der Waals surface area contributed by atoms with Crippen molar-refractivity contribution >= 4 is 21.5 Å². The van der Waals surface area contributed by atoms with Crippen molar-refractivity contribution in [2.75, 3.05) is 0 Å². The zero-order valence-electron chi connectivity index (χ0n) is 20.8. The summed E-state index contributed by atoms with van der Waals surface area (Å²) in [6, 6.07) is 25.1. The lowest BCUT2D eigenvalue weighted by Gasteiger charge is -2.30. The molecule has 0 aliphatic heterocycles. The Balaban J connectivity index is 1.64. The topological polar surface area (TPSA) is 12.9 Å². The molecule has 2 heteroatoms. The van der Waals surface area contributed by atoms with E-state index < -0.39 is 0 Å². The molecule has 0 atom stereocenters. The maximum Gasteiger partial charge on any atom is 0.123 e. The molecule has 4 aromatic carbocycles. The van der Waals surface area contributed by atoms with Crippen molar-refractivity contribution in [3.63, 3.8) is 0 Å². The fourth-order valence-electron chi connectivity index (χ4n) is 6.23. The van der Waals surface area contributed by atoms with Crippen LogP contribution in [0.5, 0.6) is 0 Å². The van der Waals surface area contributed by atoms with Crippen LogP contribution < -0.4 is 0 Å². The van der Waals surface area contributed by atoms with E-state index in [1.165, 1.54) is 50.0 Å². The molecule has 0 radical (unpaired) electrons. The third-order valence-electron chi connectivity index (χ3n) is 8.24. The van der Waals surface area contributed by atoms with Crippen LogP contribution in [0, 0.1) is 5.82 Å². The summed E-state index contributed by atoms with van der Waals surface area (Å²) in [6.07, 6.45) is 3.99. The number of rotatable bonds is 4. The van der Waals surface area contributed by atoms with Crippen molar-refractivity contribution in [1.82, 2.24) is 4.98 Å². The van der Waals surface area contributed by atoms with E-state index in [9.17, 15) is 4.39 Å². The van der Waals surface area contributed by atoms with Gasteiger partial charge in [-0.25, -0.2) is 4.39 Å². The van der Waals surface area contributed by atoms with Crippen molar-refractivity contribution in [3.8, 4) is 22.4 Å².